The van der Waals surface area contributed by atoms with E-state index in [1.807, 2.05) is 19.0 Å². The van der Waals surface area contributed by atoms with E-state index in [1.54, 1.807) is 18.3 Å². The number of nitrogens with zero attached hydrogens (tertiary/aromatic N) is 2. The molecule has 0 atom stereocenters. The van der Waals surface area contributed by atoms with Crippen LogP contribution in [0.5, 0.6) is 5.75 Å². The standard InChI is InChI=1S/C19H27N3O2/c1-22(2)17-16(4-3-5-20-17)24-18(23)21-12-19-9-13-6-14(10-19)8-15(7-13)11-19/h3-5,13-15H,6-12H2,1-2H3,(H,21,23). The number of carbonyl (C=O) groups excluding carboxylic acids is 1. The molecule has 5 rings (SSSR count). The molecular formula is C19H27N3O2. The van der Waals surface area contributed by atoms with Crippen molar-refractivity contribution in [3.05, 3.63) is 18.3 Å². The Morgan fingerprint density at radius 1 is 1.25 bits per heavy atom. The summed E-state index contributed by atoms with van der Waals surface area (Å²) in [5.74, 6) is 3.86. The topological polar surface area (TPSA) is 54.5 Å². The Morgan fingerprint density at radius 3 is 2.46 bits per heavy atom. The van der Waals surface area contributed by atoms with E-state index in [4.69, 9.17) is 4.74 Å². The fraction of sp³-hybridized carbons (Fsp3) is 0.684. The molecule has 4 bridgehead atoms. The SMILES string of the molecule is CN(C)c1ncccc1OC(=O)NCC12CC3CC(CC(C3)C1)C2. The van der Waals surface area contributed by atoms with Crippen LogP contribution in [0, 0.1) is 23.2 Å². The Labute approximate surface area is 143 Å². The Morgan fingerprint density at radius 2 is 1.88 bits per heavy atom. The molecule has 1 aromatic rings. The second-order valence-electron chi connectivity index (χ2n) is 8.38. The number of aromatic nitrogens is 1. The van der Waals surface area contributed by atoms with Gasteiger partial charge < -0.3 is 15.0 Å². The lowest BCUT2D eigenvalue weighted by molar-refractivity contribution is -0.0503. The molecule has 0 unspecified atom stereocenters. The van der Waals surface area contributed by atoms with Crippen molar-refractivity contribution in [1.82, 2.24) is 10.3 Å². The van der Waals surface area contributed by atoms with Crippen LogP contribution in [-0.4, -0.2) is 31.7 Å². The summed E-state index contributed by atoms with van der Waals surface area (Å²) in [6, 6.07) is 3.57. The van der Waals surface area contributed by atoms with E-state index >= 15 is 0 Å². The first kappa shape index (κ1) is 15.7. The minimum Gasteiger partial charge on any atom is -0.406 e. The highest BCUT2D eigenvalue weighted by atomic mass is 16.6. The predicted molar refractivity (Wildman–Crippen MR) is 93.2 cm³/mol. The maximum atomic E-state index is 12.3. The first-order chi connectivity index (χ1) is 11.5. The van der Waals surface area contributed by atoms with Crippen LogP contribution in [0.4, 0.5) is 10.6 Å². The van der Waals surface area contributed by atoms with Crippen LogP contribution < -0.4 is 15.0 Å². The molecule has 0 radical (unpaired) electrons. The highest BCUT2D eigenvalue weighted by Crippen LogP contribution is 2.59. The summed E-state index contributed by atoms with van der Waals surface area (Å²) >= 11 is 0. The van der Waals surface area contributed by atoms with E-state index in [0.29, 0.717) is 17.0 Å². The van der Waals surface area contributed by atoms with Crippen LogP contribution in [-0.2, 0) is 0 Å². The monoisotopic (exact) mass is 329 g/mol. The van der Waals surface area contributed by atoms with Crippen molar-refractivity contribution in [1.29, 1.82) is 0 Å². The highest BCUT2D eigenvalue weighted by Gasteiger charge is 2.50. The molecule has 0 saturated heterocycles. The molecule has 1 aromatic heterocycles. The quantitative estimate of drug-likeness (QED) is 0.919. The lowest BCUT2D eigenvalue weighted by atomic mass is 9.49. The number of hydrogen-bond acceptors (Lipinski definition) is 4. The average Bonchev–Trinajstić information content (AvgIpc) is 2.52. The van der Waals surface area contributed by atoms with Crippen molar-refractivity contribution in [3.63, 3.8) is 0 Å². The number of amides is 1. The first-order valence-electron chi connectivity index (χ1n) is 9.11. The van der Waals surface area contributed by atoms with Gasteiger partial charge in [0.25, 0.3) is 0 Å². The molecule has 4 aliphatic rings. The van der Waals surface area contributed by atoms with Crippen LogP contribution in [0.1, 0.15) is 38.5 Å². The molecule has 4 aliphatic carbocycles. The lowest BCUT2D eigenvalue weighted by Crippen LogP contribution is -2.51. The molecule has 5 heteroatoms. The van der Waals surface area contributed by atoms with E-state index in [-0.39, 0.29) is 6.09 Å². The summed E-state index contributed by atoms with van der Waals surface area (Å²) in [4.78, 5) is 18.4. The largest absolute Gasteiger partial charge is 0.412 e. The maximum absolute atomic E-state index is 12.3. The number of ether oxygens (including phenoxy) is 1. The van der Waals surface area contributed by atoms with Gasteiger partial charge in [-0.05, 0) is 73.8 Å². The third-order valence-corrected chi connectivity index (χ3v) is 6.15. The van der Waals surface area contributed by atoms with Crippen molar-refractivity contribution in [3.8, 4) is 5.75 Å². The third-order valence-electron chi connectivity index (χ3n) is 6.15. The molecule has 1 N–H and O–H groups in total. The molecule has 5 nitrogen and oxygen atoms in total. The maximum Gasteiger partial charge on any atom is 0.412 e. The van der Waals surface area contributed by atoms with Gasteiger partial charge in [0, 0.05) is 26.8 Å². The Balaban J connectivity index is 1.38. The van der Waals surface area contributed by atoms with Gasteiger partial charge in [0.2, 0.25) is 0 Å². The van der Waals surface area contributed by atoms with E-state index in [9.17, 15) is 4.79 Å². The van der Waals surface area contributed by atoms with Gasteiger partial charge in [0.15, 0.2) is 11.6 Å². The van der Waals surface area contributed by atoms with Gasteiger partial charge in [-0.2, -0.15) is 0 Å². The number of nitrogens with one attached hydrogen (secondary N) is 1. The first-order valence-corrected chi connectivity index (χ1v) is 9.11. The molecule has 0 aliphatic heterocycles. The fourth-order valence-electron chi connectivity index (χ4n) is 5.70. The Bertz CT molecular complexity index is 594. The highest BCUT2D eigenvalue weighted by molar-refractivity contribution is 5.72. The number of anilines is 1. The normalized spacial score (nSPS) is 33.3. The van der Waals surface area contributed by atoms with Crippen LogP contribution >= 0.6 is 0 Å². The van der Waals surface area contributed by atoms with E-state index in [2.05, 4.69) is 10.3 Å². The number of rotatable bonds is 4. The molecule has 130 valence electrons. The van der Waals surface area contributed by atoms with E-state index in [0.717, 1.165) is 24.3 Å². The molecule has 0 spiro atoms. The number of hydrogen-bond donors (Lipinski definition) is 1. The van der Waals surface area contributed by atoms with E-state index < -0.39 is 0 Å². The summed E-state index contributed by atoms with van der Waals surface area (Å²) in [5, 5.41) is 3.05. The predicted octanol–water partition coefficient (Wildman–Crippen LogP) is 3.45. The number of pyridine rings is 1. The van der Waals surface area contributed by atoms with Gasteiger partial charge in [-0.15, -0.1) is 0 Å². The summed E-state index contributed by atoms with van der Waals surface area (Å²) in [6.45, 7) is 0.757. The smallest absolute Gasteiger partial charge is 0.406 e. The summed E-state index contributed by atoms with van der Waals surface area (Å²) in [5.41, 5.74) is 0.326. The van der Waals surface area contributed by atoms with Crippen LogP contribution in [0.2, 0.25) is 0 Å². The van der Waals surface area contributed by atoms with Crippen molar-refractivity contribution < 1.29 is 9.53 Å². The summed E-state index contributed by atoms with van der Waals surface area (Å²) < 4.78 is 5.52. The van der Waals surface area contributed by atoms with Gasteiger partial charge in [-0.1, -0.05) is 0 Å². The zero-order valence-corrected chi connectivity index (χ0v) is 14.6. The zero-order valence-electron chi connectivity index (χ0n) is 14.6. The van der Waals surface area contributed by atoms with Gasteiger partial charge in [-0.25, -0.2) is 9.78 Å². The van der Waals surface area contributed by atoms with Crippen molar-refractivity contribution in [2.45, 2.75) is 38.5 Å². The third kappa shape index (κ3) is 2.96. The average molecular weight is 329 g/mol. The Kier molecular flexibility index (Phi) is 3.89. The molecular weight excluding hydrogens is 302 g/mol. The lowest BCUT2D eigenvalue weighted by Gasteiger charge is -2.56. The fourth-order valence-corrected chi connectivity index (χ4v) is 5.70. The number of carbonyl (C=O) groups is 1. The Hall–Kier alpha value is -1.78. The van der Waals surface area contributed by atoms with Gasteiger partial charge in [0.1, 0.15) is 0 Å². The summed E-state index contributed by atoms with van der Waals surface area (Å²) in [7, 11) is 3.78. The van der Waals surface area contributed by atoms with Crippen LogP contribution in [0.15, 0.2) is 18.3 Å². The van der Waals surface area contributed by atoms with Crippen molar-refractivity contribution in [2.24, 2.45) is 23.2 Å². The summed E-state index contributed by atoms with van der Waals surface area (Å²) in [6.07, 6.45) is 9.47. The van der Waals surface area contributed by atoms with Gasteiger partial charge >= 0.3 is 6.09 Å². The minimum absolute atomic E-state index is 0.326. The van der Waals surface area contributed by atoms with E-state index in [1.165, 1.54) is 38.5 Å². The van der Waals surface area contributed by atoms with Crippen molar-refractivity contribution >= 4 is 11.9 Å². The zero-order chi connectivity index (χ0) is 16.7. The second kappa shape index (κ2) is 5.94. The van der Waals surface area contributed by atoms with Crippen LogP contribution in [0.3, 0.4) is 0 Å². The van der Waals surface area contributed by atoms with Crippen molar-refractivity contribution in [2.75, 3.05) is 25.5 Å². The van der Waals surface area contributed by atoms with Gasteiger partial charge in [0.05, 0.1) is 0 Å². The minimum atomic E-state index is -0.359. The molecule has 0 aromatic carbocycles. The molecule has 1 amide bonds. The molecule has 4 fully saturated rings. The molecule has 24 heavy (non-hydrogen) atoms. The molecule has 4 saturated carbocycles. The molecule has 1 heterocycles. The van der Waals surface area contributed by atoms with Crippen LogP contribution in [0.25, 0.3) is 0 Å². The second-order valence-corrected chi connectivity index (χ2v) is 8.38. The van der Waals surface area contributed by atoms with Gasteiger partial charge in [-0.3, -0.25) is 0 Å².